The number of methoxy groups -OCH3 is 1. The molecule has 0 bridgehead atoms. The van der Waals surface area contributed by atoms with Crippen molar-refractivity contribution in [1.82, 2.24) is 25.1 Å². The molecule has 0 saturated heterocycles. The second-order valence-corrected chi connectivity index (χ2v) is 6.02. The summed E-state index contributed by atoms with van der Waals surface area (Å²) in [6.07, 6.45) is 1.48. The summed E-state index contributed by atoms with van der Waals surface area (Å²) in [5.41, 5.74) is 1.31. The number of para-hydroxylation sites is 2. The van der Waals surface area contributed by atoms with E-state index in [-0.39, 0.29) is 18.0 Å². The molecular weight excluding hydrogens is 358 g/mol. The Labute approximate surface area is 159 Å². The highest BCUT2D eigenvalue weighted by Crippen LogP contribution is 2.17. The average Bonchev–Trinajstić information content (AvgIpc) is 3.17. The van der Waals surface area contributed by atoms with E-state index in [0.29, 0.717) is 28.2 Å². The summed E-state index contributed by atoms with van der Waals surface area (Å²) < 4.78 is 6.80. The zero-order valence-corrected chi connectivity index (χ0v) is 15.0. The Kier molecular flexibility index (Phi) is 4.59. The first-order chi connectivity index (χ1) is 13.7. The highest BCUT2D eigenvalue weighted by Gasteiger charge is 2.14. The molecule has 0 radical (unpaired) electrons. The molecule has 2 aromatic heterocycles. The molecule has 0 saturated carbocycles. The standard InChI is InChI=1S/C20H17N5O3/c1-28-16-10-6-5-9-14(16)19(26)21-12-17-23-18-15(20(27)24-17)11-22-25(18)13-7-3-2-4-8-13/h2-11H,12H2,1H3,(H,21,26)(H,23,24,27). The predicted octanol–water partition coefficient (Wildman–Crippen LogP) is 2.05. The Morgan fingerprint density at radius 1 is 1.14 bits per heavy atom. The van der Waals surface area contributed by atoms with Gasteiger partial charge in [0.1, 0.15) is 17.0 Å². The number of fused-ring (bicyclic) bond motifs is 1. The maximum Gasteiger partial charge on any atom is 0.262 e. The number of carbonyl (C=O) groups is 1. The summed E-state index contributed by atoms with van der Waals surface area (Å²) in [5, 5.41) is 7.39. The Hall–Kier alpha value is -3.94. The van der Waals surface area contributed by atoms with Gasteiger partial charge < -0.3 is 15.0 Å². The molecule has 8 nitrogen and oxygen atoms in total. The monoisotopic (exact) mass is 375 g/mol. The zero-order chi connectivity index (χ0) is 19.5. The number of carbonyl (C=O) groups excluding carboxylic acids is 1. The van der Waals surface area contributed by atoms with E-state index in [9.17, 15) is 9.59 Å². The number of amides is 1. The molecule has 0 fully saturated rings. The van der Waals surface area contributed by atoms with Crippen molar-refractivity contribution in [2.45, 2.75) is 6.54 Å². The van der Waals surface area contributed by atoms with E-state index >= 15 is 0 Å². The third-order valence-corrected chi connectivity index (χ3v) is 4.26. The average molecular weight is 375 g/mol. The number of aromatic nitrogens is 4. The Morgan fingerprint density at radius 3 is 2.68 bits per heavy atom. The SMILES string of the molecule is COc1ccccc1C(=O)NCc1nc2c(cnn2-c2ccccc2)c(=O)[nH]1. The van der Waals surface area contributed by atoms with Gasteiger partial charge in [-0.3, -0.25) is 9.59 Å². The predicted molar refractivity (Wildman–Crippen MR) is 104 cm³/mol. The Balaban J connectivity index is 1.63. The van der Waals surface area contributed by atoms with E-state index < -0.39 is 0 Å². The van der Waals surface area contributed by atoms with Crippen molar-refractivity contribution < 1.29 is 9.53 Å². The highest BCUT2D eigenvalue weighted by molar-refractivity contribution is 5.96. The molecule has 2 heterocycles. The molecule has 0 spiro atoms. The van der Waals surface area contributed by atoms with Gasteiger partial charge in [0.15, 0.2) is 5.65 Å². The van der Waals surface area contributed by atoms with Crippen LogP contribution in [0.25, 0.3) is 16.7 Å². The van der Waals surface area contributed by atoms with Crippen LogP contribution >= 0.6 is 0 Å². The molecule has 8 heteroatoms. The second-order valence-electron chi connectivity index (χ2n) is 6.02. The summed E-state index contributed by atoms with van der Waals surface area (Å²) in [6.45, 7) is 0.0576. The second kappa shape index (κ2) is 7.36. The van der Waals surface area contributed by atoms with Gasteiger partial charge in [0.25, 0.3) is 11.5 Å². The van der Waals surface area contributed by atoms with Crippen LogP contribution in [0.1, 0.15) is 16.2 Å². The number of hydrogen-bond donors (Lipinski definition) is 2. The molecule has 1 amide bonds. The molecule has 4 aromatic rings. The summed E-state index contributed by atoms with van der Waals surface area (Å²) in [5.74, 6) is 0.481. The van der Waals surface area contributed by atoms with Crippen molar-refractivity contribution in [2.75, 3.05) is 7.11 Å². The van der Waals surface area contributed by atoms with Crippen molar-refractivity contribution >= 4 is 16.9 Å². The number of ether oxygens (including phenoxy) is 1. The summed E-state index contributed by atoms with van der Waals surface area (Å²) in [7, 11) is 1.50. The van der Waals surface area contributed by atoms with Crippen LogP contribution < -0.4 is 15.6 Å². The van der Waals surface area contributed by atoms with Crippen molar-refractivity contribution in [3.63, 3.8) is 0 Å². The van der Waals surface area contributed by atoms with E-state index in [2.05, 4.69) is 20.4 Å². The van der Waals surface area contributed by atoms with E-state index in [1.54, 1.807) is 28.9 Å². The molecule has 0 aliphatic carbocycles. The zero-order valence-electron chi connectivity index (χ0n) is 15.0. The van der Waals surface area contributed by atoms with Crippen LogP contribution in [0.2, 0.25) is 0 Å². The summed E-state index contributed by atoms with van der Waals surface area (Å²) in [6, 6.07) is 16.3. The molecular formula is C20H17N5O3. The van der Waals surface area contributed by atoms with Gasteiger partial charge >= 0.3 is 0 Å². The highest BCUT2D eigenvalue weighted by atomic mass is 16.5. The topological polar surface area (TPSA) is 102 Å². The third kappa shape index (κ3) is 3.23. The Bertz CT molecular complexity index is 1200. The van der Waals surface area contributed by atoms with Crippen molar-refractivity contribution in [2.24, 2.45) is 0 Å². The number of H-pyrrole nitrogens is 1. The fourth-order valence-corrected chi connectivity index (χ4v) is 2.90. The smallest absolute Gasteiger partial charge is 0.262 e. The van der Waals surface area contributed by atoms with Gasteiger partial charge in [-0.15, -0.1) is 0 Å². The van der Waals surface area contributed by atoms with Crippen LogP contribution in [-0.4, -0.2) is 32.8 Å². The van der Waals surface area contributed by atoms with Gasteiger partial charge in [0, 0.05) is 0 Å². The van der Waals surface area contributed by atoms with Crippen molar-refractivity contribution in [1.29, 1.82) is 0 Å². The molecule has 4 rings (SSSR count). The first-order valence-electron chi connectivity index (χ1n) is 8.61. The minimum atomic E-state index is -0.322. The van der Waals surface area contributed by atoms with Crippen LogP contribution in [0.15, 0.2) is 65.6 Å². The van der Waals surface area contributed by atoms with Crippen molar-refractivity contribution in [3.8, 4) is 11.4 Å². The van der Waals surface area contributed by atoms with Crippen LogP contribution in [0.3, 0.4) is 0 Å². The molecule has 0 aliphatic rings. The molecule has 0 unspecified atom stereocenters. The van der Waals surface area contributed by atoms with E-state index in [0.717, 1.165) is 5.69 Å². The number of aromatic amines is 1. The largest absolute Gasteiger partial charge is 0.496 e. The molecule has 28 heavy (non-hydrogen) atoms. The van der Waals surface area contributed by atoms with Crippen LogP contribution in [-0.2, 0) is 6.54 Å². The quantitative estimate of drug-likeness (QED) is 0.556. The normalized spacial score (nSPS) is 10.8. The lowest BCUT2D eigenvalue weighted by molar-refractivity contribution is 0.0947. The fraction of sp³-hybridized carbons (Fsp3) is 0.100. The van der Waals surface area contributed by atoms with Gasteiger partial charge in [0.05, 0.1) is 31.1 Å². The maximum atomic E-state index is 12.5. The van der Waals surface area contributed by atoms with E-state index in [1.165, 1.54) is 13.3 Å². The Morgan fingerprint density at radius 2 is 1.89 bits per heavy atom. The minimum Gasteiger partial charge on any atom is -0.496 e. The summed E-state index contributed by atoms with van der Waals surface area (Å²) in [4.78, 5) is 32.0. The number of hydrogen-bond acceptors (Lipinski definition) is 5. The van der Waals surface area contributed by atoms with Gasteiger partial charge in [-0.1, -0.05) is 30.3 Å². The van der Waals surface area contributed by atoms with E-state index in [4.69, 9.17) is 4.74 Å². The van der Waals surface area contributed by atoms with Gasteiger partial charge in [-0.2, -0.15) is 5.10 Å². The summed E-state index contributed by atoms with van der Waals surface area (Å²) >= 11 is 0. The molecule has 2 N–H and O–H groups in total. The van der Waals surface area contributed by atoms with Crippen LogP contribution in [0.5, 0.6) is 5.75 Å². The first kappa shape index (κ1) is 17.5. The van der Waals surface area contributed by atoms with Crippen LogP contribution in [0.4, 0.5) is 0 Å². The number of rotatable bonds is 5. The minimum absolute atomic E-state index is 0.0576. The maximum absolute atomic E-state index is 12.5. The number of nitrogens with one attached hydrogen (secondary N) is 2. The fourth-order valence-electron chi connectivity index (χ4n) is 2.90. The van der Waals surface area contributed by atoms with E-state index in [1.807, 2.05) is 30.3 Å². The lowest BCUT2D eigenvalue weighted by atomic mass is 10.2. The molecule has 2 aromatic carbocycles. The molecule has 0 aliphatic heterocycles. The number of nitrogens with zero attached hydrogens (tertiary/aromatic N) is 3. The van der Waals surface area contributed by atoms with Gasteiger partial charge in [-0.25, -0.2) is 9.67 Å². The van der Waals surface area contributed by atoms with Gasteiger partial charge in [0.2, 0.25) is 0 Å². The van der Waals surface area contributed by atoms with Crippen molar-refractivity contribution in [3.05, 3.63) is 82.5 Å². The lowest BCUT2D eigenvalue weighted by Crippen LogP contribution is -2.26. The molecule has 0 atom stereocenters. The first-order valence-corrected chi connectivity index (χ1v) is 8.61. The lowest BCUT2D eigenvalue weighted by Gasteiger charge is -2.09. The van der Waals surface area contributed by atoms with Gasteiger partial charge in [-0.05, 0) is 24.3 Å². The number of benzene rings is 2. The van der Waals surface area contributed by atoms with Crippen LogP contribution in [0, 0.1) is 0 Å². The molecule has 140 valence electrons. The third-order valence-electron chi connectivity index (χ3n) is 4.26.